The lowest BCUT2D eigenvalue weighted by molar-refractivity contribution is -0.148. The van der Waals surface area contributed by atoms with E-state index in [1.54, 1.807) is 87.2 Å². The van der Waals surface area contributed by atoms with E-state index in [2.05, 4.69) is 21.3 Å². The van der Waals surface area contributed by atoms with Crippen molar-refractivity contribution in [3.05, 3.63) is 82.3 Å². The quantitative estimate of drug-likeness (QED) is 0.0197. The molecule has 2 aliphatic rings. The number of ether oxygens (including phenoxy) is 3. The molecule has 9 amide bonds. The predicted octanol–water partition coefficient (Wildman–Crippen LogP) is 6.62. The van der Waals surface area contributed by atoms with E-state index in [4.69, 9.17) is 19.9 Å². The van der Waals surface area contributed by atoms with Crippen molar-refractivity contribution < 1.29 is 72.7 Å². The van der Waals surface area contributed by atoms with Crippen molar-refractivity contribution in [3.63, 3.8) is 0 Å². The summed E-state index contributed by atoms with van der Waals surface area (Å²) in [4.78, 5) is 127. The van der Waals surface area contributed by atoms with Gasteiger partial charge in [-0.25, -0.2) is 9.59 Å². The predicted molar refractivity (Wildman–Crippen MR) is 369 cm³/mol. The molecule has 9 N–H and O–H groups in total. The van der Waals surface area contributed by atoms with E-state index in [9.17, 15) is 58.5 Å². The lowest BCUT2D eigenvalue weighted by Crippen LogP contribution is -2.60. The summed E-state index contributed by atoms with van der Waals surface area (Å²) in [6.07, 6.45) is 2.57. The molecule has 2 aromatic carbocycles. The maximum atomic E-state index is 14.8. The number of urea groups is 1. The van der Waals surface area contributed by atoms with Gasteiger partial charge in [0.05, 0.1) is 59.8 Å². The lowest BCUT2D eigenvalue weighted by atomic mass is 9.87. The summed E-state index contributed by atoms with van der Waals surface area (Å²) in [5, 5.41) is 45.9. The molecule has 24 nitrogen and oxygen atoms in total. The Balaban J connectivity index is 1.37. The first-order valence-corrected chi connectivity index (χ1v) is 35.4. The van der Waals surface area contributed by atoms with Crippen LogP contribution in [0.1, 0.15) is 163 Å². The highest BCUT2D eigenvalue weighted by Crippen LogP contribution is 2.31. The van der Waals surface area contributed by atoms with E-state index in [-0.39, 0.29) is 86.6 Å². The number of nitrogens with two attached hydrogens (primary N) is 1. The molecule has 2 aliphatic heterocycles. The number of aliphatic hydroxyl groups is 3. The number of hydrogen-bond donors (Lipinski definition) is 8. The van der Waals surface area contributed by atoms with Crippen molar-refractivity contribution in [1.82, 2.24) is 40.9 Å². The second kappa shape index (κ2) is 40.4. The minimum atomic E-state index is -1.17. The Morgan fingerprint density at radius 3 is 2.01 bits per heavy atom. The van der Waals surface area contributed by atoms with Crippen molar-refractivity contribution in [1.29, 1.82) is 0 Å². The van der Waals surface area contributed by atoms with Gasteiger partial charge in [0.25, 0.3) is 11.8 Å². The highest BCUT2D eigenvalue weighted by atomic mass is 32.2. The summed E-state index contributed by atoms with van der Waals surface area (Å²) in [7, 11) is 6.14. The van der Waals surface area contributed by atoms with Crippen LogP contribution in [0.25, 0.3) is 0 Å². The topological polar surface area (TPSA) is 329 Å². The normalized spacial score (nSPS) is 18.3. The average molecular weight is 1360 g/mol. The Morgan fingerprint density at radius 2 is 1.44 bits per heavy atom. The minimum absolute atomic E-state index is 0.0413. The van der Waals surface area contributed by atoms with E-state index < -0.39 is 115 Å². The standard InChI is InChI=1S/C71H113N9O15S/c1-16-45(8)62(56(93-13)39-58(83)79-36-24-29-54(79)64(94-14)46(9)65(86)74-47(10)63(85)50-25-19-17-20-26-50)77(11)69(90)60(43(4)5)76-67(88)61(44(6)7)78(12)71(92)95-41-49-32-30-48(31-33-49)37-55(82)53(28-23-34-73-70(72)91)75-66(87)52(42(2)3)38-51(81)27-21-18-22-35-80-59(84)40-57(96-15)68(80)89/h17,19-20,25-26,30-33,40,42-47,52-56,60-64,66,75,82,85,87H,16,18,21-24,27-29,34-39,41H2,1-15H3,(H,74,86)(H,76,88)(H3,72,73,91)/t45-,46+,47+,52-,53-,54-,55?,56+,60-,61-,62?,63+,64+,66?/m0/s1. The number of carbonyl (C=O) groups is 9. The van der Waals surface area contributed by atoms with Gasteiger partial charge in [-0.2, -0.15) is 0 Å². The van der Waals surface area contributed by atoms with E-state index in [1.165, 1.54) is 48.9 Å². The molecular weight excluding hydrogens is 1250 g/mol. The Morgan fingerprint density at radius 1 is 0.781 bits per heavy atom. The fourth-order valence-corrected chi connectivity index (χ4v) is 13.5. The number of likely N-dealkylation sites (N-methyl/N-ethyl adjacent to an activating group) is 2. The number of thioether (sulfide) groups is 1. The molecule has 0 aliphatic carbocycles. The van der Waals surface area contributed by atoms with Crippen LogP contribution in [0, 0.1) is 35.5 Å². The molecule has 0 spiro atoms. The van der Waals surface area contributed by atoms with Crippen LogP contribution in [0.2, 0.25) is 0 Å². The largest absolute Gasteiger partial charge is 0.445 e. The molecule has 0 saturated carbocycles. The fraction of sp³-hybridized carbons (Fsp3) is 0.676. The molecule has 0 radical (unpaired) electrons. The smallest absolute Gasteiger partial charge is 0.410 e. The van der Waals surface area contributed by atoms with Crippen LogP contribution in [0.3, 0.4) is 0 Å². The van der Waals surface area contributed by atoms with Gasteiger partial charge in [0.1, 0.15) is 30.7 Å². The van der Waals surface area contributed by atoms with Gasteiger partial charge >= 0.3 is 12.1 Å². The summed E-state index contributed by atoms with van der Waals surface area (Å²) in [5.74, 6) is -4.48. The highest BCUT2D eigenvalue weighted by Gasteiger charge is 2.44. The molecule has 25 heteroatoms. The van der Waals surface area contributed by atoms with Crippen LogP contribution >= 0.6 is 11.8 Å². The lowest BCUT2D eigenvalue weighted by Gasteiger charge is -2.41. The van der Waals surface area contributed by atoms with Gasteiger partial charge in [0, 0.05) is 78.8 Å². The second-order valence-corrected chi connectivity index (χ2v) is 27.9. The van der Waals surface area contributed by atoms with Gasteiger partial charge in [-0.05, 0) is 98.5 Å². The number of ketones is 1. The van der Waals surface area contributed by atoms with Crippen LogP contribution in [0.5, 0.6) is 0 Å². The average Bonchev–Trinajstić information content (AvgIpc) is 1.42. The number of Topliss-reactive ketones (excluding diaryl/α,β-unsaturated/α-hetero) is 1. The number of rotatable bonds is 42. The monoisotopic (exact) mass is 1360 g/mol. The first kappa shape index (κ1) is 81.9. The number of unbranched alkanes of at least 4 members (excludes halogenated alkanes) is 2. The van der Waals surface area contributed by atoms with Crippen molar-refractivity contribution in [2.45, 2.75) is 220 Å². The summed E-state index contributed by atoms with van der Waals surface area (Å²) < 4.78 is 17.8. The zero-order chi connectivity index (χ0) is 71.7. The Bertz CT molecular complexity index is 2870. The van der Waals surface area contributed by atoms with Crippen molar-refractivity contribution in [2.24, 2.45) is 41.2 Å². The first-order chi connectivity index (χ1) is 45.4. The van der Waals surface area contributed by atoms with Gasteiger partial charge in [-0.1, -0.05) is 130 Å². The maximum absolute atomic E-state index is 14.8. The van der Waals surface area contributed by atoms with Crippen LogP contribution in [0.15, 0.2) is 65.6 Å². The zero-order valence-corrected chi connectivity index (χ0v) is 60.2. The van der Waals surface area contributed by atoms with Gasteiger partial charge in [0.15, 0.2) is 0 Å². The van der Waals surface area contributed by atoms with Gasteiger partial charge in [-0.15, -0.1) is 11.8 Å². The van der Waals surface area contributed by atoms with Crippen molar-refractivity contribution >= 4 is 65.1 Å². The summed E-state index contributed by atoms with van der Waals surface area (Å²) in [6, 6.07) is 11.0. The van der Waals surface area contributed by atoms with Gasteiger partial charge in [-0.3, -0.25) is 48.7 Å². The molecule has 2 aromatic rings. The van der Waals surface area contributed by atoms with Crippen LogP contribution in [-0.4, -0.2) is 203 Å². The molecule has 0 bridgehead atoms. The second-order valence-electron chi connectivity index (χ2n) is 27.0. The van der Waals surface area contributed by atoms with Crippen molar-refractivity contribution in [3.8, 4) is 0 Å². The molecule has 4 rings (SSSR count). The third-order valence-electron chi connectivity index (χ3n) is 19.0. The van der Waals surface area contributed by atoms with Crippen molar-refractivity contribution in [2.75, 3.05) is 54.2 Å². The van der Waals surface area contributed by atoms with Gasteiger partial charge < -0.3 is 61.0 Å². The first-order valence-electron chi connectivity index (χ1n) is 34.1. The van der Waals surface area contributed by atoms with E-state index in [0.29, 0.717) is 73.9 Å². The number of hydrogen-bond acceptors (Lipinski definition) is 17. The van der Waals surface area contributed by atoms with E-state index in [0.717, 1.165) is 5.56 Å². The fourth-order valence-electron chi connectivity index (χ4n) is 13.0. The summed E-state index contributed by atoms with van der Waals surface area (Å²) >= 11 is 1.23. The number of carbonyl (C=O) groups excluding carboxylic acids is 9. The summed E-state index contributed by atoms with van der Waals surface area (Å²) in [6.45, 7) is 19.3. The molecule has 96 heavy (non-hydrogen) atoms. The molecule has 0 aromatic heterocycles. The summed E-state index contributed by atoms with van der Waals surface area (Å²) in [5.41, 5.74) is 7.32. The van der Waals surface area contributed by atoms with Gasteiger partial charge in [0.2, 0.25) is 23.6 Å². The SMILES string of the molecule is CC[C@H](C)C([C@@H](CC(=O)N1CCC[C@H]1[C@H](OC)[C@@H](C)C(=O)N[C@H](C)[C@@H](O)c1ccccc1)OC)N(C)C(=O)[C@@H](NC(=O)[C@H](C(C)C)N(C)C(=O)OCc1ccc(CC(O)[C@H](CCCNC(N)=O)NC(O)[C@@H](CC(=O)CCCCCN2C(=O)C=C(SC)C2=O)C(C)C)cc1)C(C)C. The minimum Gasteiger partial charge on any atom is -0.445 e. The van der Waals surface area contributed by atoms with Crippen LogP contribution < -0.4 is 27.0 Å². The Hall–Kier alpha value is -6.48. The third kappa shape index (κ3) is 23.9. The Kier molecular flexibility index (Phi) is 34.5. The number of likely N-dealkylation sites (tertiary alicyclic amines) is 1. The number of methoxy groups -OCH3 is 2. The van der Waals surface area contributed by atoms with E-state index in [1.807, 2.05) is 59.7 Å². The number of amides is 9. The maximum Gasteiger partial charge on any atom is 0.410 e. The number of benzene rings is 2. The number of nitrogens with zero attached hydrogens (tertiary/aromatic N) is 4. The highest BCUT2D eigenvalue weighted by molar-refractivity contribution is 8.03. The molecule has 538 valence electrons. The number of nitrogens with one attached hydrogen (secondary N) is 4. The number of imide groups is 1. The molecule has 1 saturated heterocycles. The molecule has 2 heterocycles. The third-order valence-corrected chi connectivity index (χ3v) is 19.7. The Labute approximate surface area is 573 Å². The molecule has 3 unspecified atom stereocenters. The zero-order valence-electron chi connectivity index (χ0n) is 59.4. The molecule has 14 atom stereocenters. The van der Waals surface area contributed by atoms with E-state index >= 15 is 0 Å². The number of primary amides is 1. The molecular formula is C71H113N9O15S. The molecule has 1 fully saturated rings. The van der Waals surface area contributed by atoms with Crippen LogP contribution in [-0.2, 0) is 60.8 Å². The number of aliphatic hydroxyl groups excluding tert-OH is 3. The van der Waals surface area contributed by atoms with Crippen LogP contribution in [0.4, 0.5) is 9.59 Å².